The van der Waals surface area contributed by atoms with Crippen LogP contribution in [0.15, 0.2) is 77.7 Å². The van der Waals surface area contributed by atoms with Gasteiger partial charge in [-0.3, -0.25) is 4.72 Å². The molecule has 0 aromatic heterocycles. The number of hydrogen-bond acceptors (Lipinski definition) is 3. The van der Waals surface area contributed by atoms with Crippen LogP contribution in [0.4, 0.5) is 5.69 Å². The van der Waals surface area contributed by atoms with E-state index in [-0.39, 0.29) is 0 Å². The van der Waals surface area contributed by atoms with Crippen LogP contribution < -0.4 is 4.72 Å². The average Bonchev–Trinajstić information content (AvgIpc) is 2.76. The van der Waals surface area contributed by atoms with E-state index >= 15 is 0 Å². The normalized spacial score (nSPS) is 14.2. The predicted molar refractivity (Wildman–Crippen MR) is 121 cm³/mol. The molecule has 3 aromatic rings. The maximum atomic E-state index is 12.9. The molecule has 0 saturated carbocycles. The van der Waals surface area contributed by atoms with Crippen molar-refractivity contribution in [1.29, 1.82) is 5.26 Å². The van der Waals surface area contributed by atoms with Crippen LogP contribution in [0.1, 0.15) is 34.6 Å². The number of nitriles is 1. The van der Waals surface area contributed by atoms with Gasteiger partial charge in [-0.1, -0.05) is 72.3 Å². The molecule has 150 valence electrons. The predicted octanol–water partition coefficient (Wildman–Crippen LogP) is 5.72. The molecular weight excluding hydrogens is 416 g/mol. The number of fused-ring (bicyclic) bond motifs is 1. The van der Waals surface area contributed by atoms with Gasteiger partial charge >= 0.3 is 0 Å². The van der Waals surface area contributed by atoms with Gasteiger partial charge in [-0.25, -0.2) is 8.42 Å². The minimum Gasteiger partial charge on any atom is -0.280 e. The van der Waals surface area contributed by atoms with Crippen molar-refractivity contribution in [2.45, 2.75) is 18.8 Å². The molecule has 1 unspecified atom stereocenters. The van der Waals surface area contributed by atoms with Crippen LogP contribution in [0, 0.1) is 11.3 Å². The summed E-state index contributed by atoms with van der Waals surface area (Å²) in [5, 5.41) is 9.98. The van der Waals surface area contributed by atoms with E-state index in [1.165, 1.54) is 0 Å². The SMILES string of the molecule is N#CC(c1ccccc1)c1ccc(NS(=O)(=O)C2=Cc3ccccc3CC2)cc1Cl. The summed E-state index contributed by atoms with van der Waals surface area (Å²) in [6.07, 6.45) is 2.85. The van der Waals surface area contributed by atoms with E-state index in [0.29, 0.717) is 34.0 Å². The van der Waals surface area contributed by atoms with E-state index in [4.69, 9.17) is 11.6 Å². The van der Waals surface area contributed by atoms with Crippen molar-refractivity contribution in [3.63, 3.8) is 0 Å². The average molecular weight is 435 g/mol. The van der Waals surface area contributed by atoms with Crippen LogP contribution in [0.3, 0.4) is 0 Å². The zero-order valence-electron chi connectivity index (χ0n) is 16.0. The first-order chi connectivity index (χ1) is 14.5. The fraction of sp³-hybridized carbons (Fsp3) is 0.125. The lowest BCUT2D eigenvalue weighted by Crippen LogP contribution is -2.17. The van der Waals surface area contributed by atoms with Crippen LogP contribution in [-0.2, 0) is 16.4 Å². The molecule has 0 saturated heterocycles. The zero-order chi connectivity index (χ0) is 21.1. The summed E-state index contributed by atoms with van der Waals surface area (Å²) in [6.45, 7) is 0. The van der Waals surface area contributed by atoms with Crippen LogP contribution in [0.25, 0.3) is 6.08 Å². The Morgan fingerprint density at radius 2 is 1.70 bits per heavy atom. The van der Waals surface area contributed by atoms with Crippen LogP contribution in [0.5, 0.6) is 0 Å². The maximum Gasteiger partial charge on any atom is 0.258 e. The molecule has 0 fully saturated rings. The van der Waals surface area contributed by atoms with Gasteiger partial charge in [-0.15, -0.1) is 0 Å². The van der Waals surface area contributed by atoms with Gasteiger partial charge in [0.2, 0.25) is 0 Å². The van der Waals surface area contributed by atoms with E-state index in [1.807, 2.05) is 54.6 Å². The number of allylic oxidation sites excluding steroid dienone is 1. The second kappa shape index (κ2) is 8.35. The lowest BCUT2D eigenvalue weighted by atomic mass is 9.92. The van der Waals surface area contributed by atoms with E-state index in [0.717, 1.165) is 16.7 Å². The third kappa shape index (κ3) is 4.11. The van der Waals surface area contributed by atoms with Crippen molar-refractivity contribution in [2.75, 3.05) is 4.72 Å². The molecule has 1 atom stereocenters. The molecule has 0 bridgehead atoms. The van der Waals surface area contributed by atoms with E-state index < -0.39 is 15.9 Å². The molecule has 1 N–H and O–H groups in total. The summed E-state index contributed by atoms with van der Waals surface area (Å²) in [6, 6.07) is 24.3. The molecule has 3 aromatic carbocycles. The highest BCUT2D eigenvalue weighted by Crippen LogP contribution is 2.33. The van der Waals surface area contributed by atoms with Crippen LogP contribution in [0.2, 0.25) is 5.02 Å². The molecule has 1 aliphatic rings. The number of nitrogens with zero attached hydrogens (tertiary/aromatic N) is 1. The van der Waals surface area contributed by atoms with Gasteiger partial charge in [0, 0.05) is 5.02 Å². The Labute approximate surface area is 181 Å². The summed E-state index contributed by atoms with van der Waals surface area (Å²) >= 11 is 6.43. The Kier molecular flexibility index (Phi) is 5.63. The first-order valence-corrected chi connectivity index (χ1v) is 11.4. The summed E-state index contributed by atoms with van der Waals surface area (Å²) in [5.74, 6) is -0.526. The number of anilines is 1. The Morgan fingerprint density at radius 3 is 2.43 bits per heavy atom. The van der Waals surface area contributed by atoms with Gasteiger partial charge in [0.1, 0.15) is 0 Å². The van der Waals surface area contributed by atoms with E-state index in [1.54, 1.807) is 24.3 Å². The zero-order valence-corrected chi connectivity index (χ0v) is 17.6. The summed E-state index contributed by atoms with van der Waals surface area (Å²) in [5.41, 5.74) is 3.91. The molecule has 1 aliphatic carbocycles. The number of aryl methyl sites for hydroxylation is 1. The summed E-state index contributed by atoms with van der Waals surface area (Å²) in [4.78, 5) is 0.348. The molecule has 30 heavy (non-hydrogen) atoms. The second-order valence-electron chi connectivity index (χ2n) is 7.12. The second-order valence-corrected chi connectivity index (χ2v) is 9.27. The molecule has 0 spiro atoms. The highest BCUT2D eigenvalue weighted by molar-refractivity contribution is 7.96. The van der Waals surface area contributed by atoms with Crippen molar-refractivity contribution >= 4 is 33.4 Å². The molecule has 0 radical (unpaired) electrons. The van der Waals surface area contributed by atoms with Crippen molar-refractivity contribution < 1.29 is 8.42 Å². The van der Waals surface area contributed by atoms with Crippen molar-refractivity contribution in [2.24, 2.45) is 0 Å². The molecule has 4 nitrogen and oxygen atoms in total. The number of nitrogens with one attached hydrogen (secondary N) is 1. The number of benzene rings is 3. The van der Waals surface area contributed by atoms with Crippen molar-refractivity contribution in [3.05, 3.63) is 105 Å². The highest BCUT2D eigenvalue weighted by Gasteiger charge is 2.23. The highest BCUT2D eigenvalue weighted by atomic mass is 35.5. The number of hydrogen-bond donors (Lipinski definition) is 1. The van der Waals surface area contributed by atoms with Gasteiger partial charge in [0.25, 0.3) is 10.0 Å². The van der Waals surface area contributed by atoms with E-state index in [9.17, 15) is 13.7 Å². The molecule has 0 aliphatic heterocycles. The lowest BCUT2D eigenvalue weighted by molar-refractivity contribution is 0.605. The Balaban J connectivity index is 1.60. The minimum absolute atomic E-state index is 0.341. The molecule has 0 heterocycles. The first kappa shape index (κ1) is 20.2. The van der Waals surface area contributed by atoms with Gasteiger partial charge in [0.05, 0.1) is 22.6 Å². The van der Waals surface area contributed by atoms with Crippen LogP contribution >= 0.6 is 11.6 Å². The van der Waals surface area contributed by atoms with Crippen molar-refractivity contribution in [1.82, 2.24) is 0 Å². The standard InChI is InChI=1S/C24H19ClN2O2S/c25-24-15-20(11-13-22(24)23(16-26)18-7-2-1-3-8-18)27-30(28,29)21-12-10-17-6-4-5-9-19(17)14-21/h1-9,11,13-15,23,27H,10,12H2. The Bertz CT molecular complexity index is 1260. The fourth-order valence-corrected chi connectivity index (χ4v) is 5.14. The van der Waals surface area contributed by atoms with Gasteiger partial charge in [0.15, 0.2) is 0 Å². The Morgan fingerprint density at radius 1 is 0.967 bits per heavy atom. The monoisotopic (exact) mass is 434 g/mol. The van der Waals surface area contributed by atoms with Crippen LogP contribution in [-0.4, -0.2) is 8.42 Å². The smallest absolute Gasteiger partial charge is 0.258 e. The van der Waals surface area contributed by atoms with Crippen molar-refractivity contribution in [3.8, 4) is 6.07 Å². The van der Waals surface area contributed by atoms with Gasteiger partial charge in [-0.2, -0.15) is 5.26 Å². The molecular formula is C24H19ClN2O2S. The fourth-order valence-electron chi connectivity index (χ4n) is 3.63. The molecule has 0 amide bonds. The molecule has 6 heteroatoms. The third-order valence-electron chi connectivity index (χ3n) is 5.18. The Hall–Kier alpha value is -3.07. The summed E-state index contributed by atoms with van der Waals surface area (Å²) < 4.78 is 28.4. The topological polar surface area (TPSA) is 70.0 Å². The summed E-state index contributed by atoms with van der Waals surface area (Å²) in [7, 11) is -3.70. The maximum absolute atomic E-state index is 12.9. The minimum atomic E-state index is -3.70. The largest absolute Gasteiger partial charge is 0.280 e. The van der Waals surface area contributed by atoms with E-state index in [2.05, 4.69) is 10.8 Å². The number of halogens is 1. The van der Waals surface area contributed by atoms with Gasteiger partial charge < -0.3 is 0 Å². The lowest BCUT2D eigenvalue weighted by Gasteiger charge is -2.18. The first-order valence-electron chi connectivity index (χ1n) is 9.53. The number of sulfonamides is 1. The third-order valence-corrected chi connectivity index (χ3v) is 7.03. The van der Waals surface area contributed by atoms with Gasteiger partial charge in [-0.05, 0) is 53.3 Å². The molecule has 4 rings (SSSR count). The quantitative estimate of drug-likeness (QED) is 0.557. The number of rotatable bonds is 5.